The SMILES string of the molecule is CCCOc1ccc(C(O)=C2C(=O)C(=O)N(c3nc4ccc(OCC)cc4s3)C2c2ccccc2F)cc1. The van der Waals surface area contributed by atoms with E-state index < -0.39 is 29.3 Å². The van der Waals surface area contributed by atoms with Crippen LogP contribution in [0.1, 0.15) is 37.4 Å². The standard InChI is InChI=1S/C29H25FN2O5S/c1-3-15-37-18-11-9-17(10-12-18)26(33)24-25(20-7-5-6-8-21(20)30)32(28(35)27(24)34)29-31-22-14-13-19(36-4-2)16-23(22)38-29/h5-14,16,25,33H,3-4,15H2,1-2H3. The van der Waals surface area contributed by atoms with E-state index >= 15 is 4.39 Å². The average molecular weight is 533 g/mol. The molecule has 2 heterocycles. The van der Waals surface area contributed by atoms with Gasteiger partial charge < -0.3 is 14.6 Å². The molecule has 7 nitrogen and oxygen atoms in total. The highest BCUT2D eigenvalue weighted by Crippen LogP contribution is 2.45. The number of hydrogen-bond donors (Lipinski definition) is 1. The number of hydrogen-bond acceptors (Lipinski definition) is 7. The maximum atomic E-state index is 15.1. The van der Waals surface area contributed by atoms with Gasteiger partial charge in [-0.05, 0) is 61.9 Å². The fourth-order valence-electron chi connectivity index (χ4n) is 4.36. The van der Waals surface area contributed by atoms with Crippen molar-refractivity contribution in [2.45, 2.75) is 26.3 Å². The summed E-state index contributed by atoms with van der Waals surface area (Å²) < 4.78 is 27.0. The first-order valence-corrected chi connectivity index (χ1v) is 13.1. The lowest BCUT2D eigenvalue weighted by Gasteiger charge is -2.23. The predicted octanol–water partition coefficient (Wildman–Crippen LogP) is 6.25. The van der Waals surface area contributed by atoms with Gasteiger partial charge in [0.2, 0.25) is 0 Å². The summed E-state index contributed by atoms with van der Waals surface area (Å²) in [6.45, 7) is 4.90. The number of anilines is 1. The van der Waals surface area contributed by atoms with Crippen LogP contribution in [0.25, 0.3) is 16.0 Å². The highest BCUT2D eigenvalue weighted by atomic mass is 32.1. The van der Waals surface area contributed by atoms with E-state index in [0.717, 1.165) is 16.0 Å². The summed E-state index contributed by atoms with van der Waals surface area (Å²) in [6.07, 6.45) is 0.840. The molecule has 1 saturated heterocycles. The molecule has 3 aromatic carbocycles. The minimum absolute atomic E-state index is 0.0745. The molecule has 5 rings (SSSR count). The second kappa shape index (κ2) is 10.6. The van der Waals surface area contributed by atoms with Crippen molar-refractivity contribution in [1.82, 2.24) is 4.98 Å². The molecule has 4 aromatic rings. The largest absolute Gasteiger partial charge is 0.507 e. The number of amides is 1. The van der Waals surface area contributed by atoms with Crippen molar-refractivity contribution in [3.8, 4) is 11.5 Å². The van der Waals surface area contributed by atoms with E-state index in [9.17, 15) is 14.7 Å². The summed E-state index contributed by atoms with van der Waals surface area (Å²) in [4.78, 5) is 32.5. The Bertz CT molecular complexity index is 1550. The normalized spacial score (nSPS) is 16.8. The first kappa shape index (κ1) is 25.4. The van der Waals surface area contributed by atoms with Gasteiger partial charge in [-0.2, -0.15) is 0 Å². The van der Waals surface area contributed by atoms with Gasteiger partial charge in [-0.25, -0.2) is 9.37 Å². The van der Waals surface area contributed by atoms with Crippen LogP contribution in [0.4, 0.5) is 9.52 Å². The number of thiazole rings is 1. The van der Waals surface area contributed by atoms with Crippen molar-refractivity contribution in [3.05, 3.63) is 89.2 Å². The van der Waals surface area contributed by atoms with Gasteiger partial charge in [0, 0.05) is 11.1 Å². The second-order valence-electron chi connectivity index (χ2n) is 8.62. The smallest absolute Gasteiger partial charge is 0.301 e. The molecule has 1 N–H and O–H groups in total. The van der Waals surface area contributed by atoms with Crippen LogP contribution in [0.15, 0.2) is 72.3 Å². The van der Waals surface area contributed by atoms with Gasteiger partial charge in [0.1, 0.15) is 29.1 Å². The van der Waals surface area contributed by atoms with E-state index in [-0.39, 0.29) is 16.3 Å². The quantitative estimate of drug-likeness (QED) is 0.164. The lowest BCUT2D eigenvalue weighted by Crippen LogP contribution is -2.29. The van der Waals surface area contributed by atoms with Gasteiger partial charge >= 0.3 is 5.91 Å². The number of rotatable bonds is 8. The van der Waals surface area contributed by atoms with E-state index in [2.05, 4.69) is 4.98 Å². The van der Waals surface area contributed by atoms with Gasteiger partial charge in [0.25, 0.3) is 5.78 Å². The number of halogens is 1. The number of benzene rings is 3. The molecule has 1 amide bonds. The van der Waals surface area contributed by atoms with Crippen molar-refractivity contribution < 1.29 is 28.6 Å². The number of fused-ring (bicyclic) bond motifs is 1. The summed E-state index contributed by atoms with van der Waals surface area (Å²) in [7, 11) is 0. The Kier molecular flexibility index (Phi) is 7.11. The molecular weight excluding hydrogens is 507 g/mol. The Balaban J connectivity index is 1.64. The van der Waals surface area contributed by atoms with E-state index in [1.54, 1.807) is 48.5 Å². The highest BCUT2D eigenvalue weighted by Gasteiger charge is 2.49. The number of ketones is 1. The fourth-order valence-corrected chi connectivity index (χ4v) is 5.38. The van der Waals surface area contributed by atoms with Gasteiger partial charge in [0.15, 0.2) is 5.13 Å². The molecular formula is C29H25FN2O5S. The number of aliphatic hydroxyl groups excluding tert-OH is 1. The minimum atomic E-state index is -1.21. The number of carbonyl (C=O) groups is 2. The molecule has 38 heavy (non-hydrogen) atoms. The Morgan fingerprint density at radius 3 is 2.47 bits per heavy atom. The zero-order valence-electron chi connectivity index (χ0n) is 20.8. The van der Waals surface area contributed by atoms with Crippen molar-refractivity contribution in [2.75, 3.05) is 18.1 Å². The number of ether oxygens (including phenoxy) is 2. The summed E-state index contributed by atoms with van der Waals surface area (Å²) in [5, 5.41) is 11.5. The van der Waals surface area contributed by atoms with Crippen LogP contribution in [-0.4, -0.2) is 35.0 Å². The van der Waals surface area contributed by atoms with Gasteiger partial charge in [-0.3, -0.25) is 14.5 Å². The topological polar surface area (TPSA) is 89.0 Å². The van der Waals surface area contributed by atoms with E-state index in [1.165, 1.54) is 29.5 Å². The van der Waals surface area contributed by atoms with E-state index in [1.807, 2.05) is 13.8 Å². The molecule has 1 fully saturated rings. The Morgan fingerprint density at radius 1 is 1.03 bits per heavy atom. The average Bonchev–Trinajstić information content (AvgIpc) is 3.45. The lowest BCUT2D eigenvalue weighted by molar-refractivity contribution is -0.132. The van der Waals surface area contributed by atoms with Crippen LogP contribution in [0.3, 0.4) is 0 Å². The zero-order chi connectivity index (χ0) is 26.8. The van der Waals surface area contributed by atoms with Crippen LogP contribution in [0, 0.1) is 5.82 Å². The number of nitrogens with zero attached hydrogens (tertiary/aromatic N) is 2. The predicted molar refractivity (Wildman–Crippen MR) is 144 cm³/mol. The molecule has 1 unspecified atom stereocenters. The molecule has 9 heteroatoms. The Labute approximate surface area is 222 Å². The Hall–Kier alpha value is -4.24. The van der Waals surface area contributed by atoms with Crippen molar-refractivity contribution >= 4 is 44.1 Å². The maximum Gasteiger partial charge on any atom is 0.301 e. The van der Waals surface area contributed by atoms with Crippen LogP contribution < -0.4 is 14.4 Å². The van der Waals surface area contributed by atoms with Crippen LogP contribution in [0.2, 0.25) is 0 Å². The first-order valence-electron chi connectivity index (χ1n) is 12.2. The molecule has 0 bridgehead atoms. The Morgan fingerprint density at radius 2 is 1.76 bits per heavy atom. The molecule has 0 radical (unpaired) electrons. The maximum absolute atomic E-state index is 15.1. The molecule has 0 spiro atoms. The molecule has 0 saturated carbocycles. The molecule has 1 atom stereocenters. The van der Waals surface area contributed by atoms with Gasteiger partial charge in [0.05, 0.1) is 29.0 Å². The number of Topliss-reactive ketones (excluding diaryl/α,β-unsaturated/α-hetero) is 1. The third kappa shape index (κ3) is 4.61. The summed E-state index contributed by atoms with van der Waals surface area (Å²) in [5.74, 6) is -1.58. The molecule has 1 aliphatic rings. The molecule has 194 valence electrons. The lowest BCUT2D eigenvalue weighted by atomic mass is 9.95. The first-order chi connectivity index (χ1) is 18.4. The highest BCUT2D eigenvalue weighted by molar-refractivity contribution is 7.22. The number of aromatic nitrogens is 1. The minimum Gasteiger partial charge on any atom is -0.507 e. The van der Waals surface area contributed by atoms with Crippen LogP contribution in [0.5, 0.6) is 11.5 Å². The molecule has 0 aliphatic carbocycles. The third-order valence-corrected chi connectivity index (χ3v) is 7.13. The third-order valence-electron chi connectivity index (χ3n) is 6.11. The molecule has 1 aliphatic heterocycles. The zero-order valence-corrected chi connectivity index (χ0v) is 21.6. The van der Waals surface area contributed by atoms with Crippen molar-refractivity contribution in [2.24, 2.45) is 0 Å². The van der Waals surface area contributed by atoms with Gasteiger partial charge in [-0.15, -0.1) is 0 Å². The molecule has 1 aromatic heterocycles. The van der Waals surface area contributed by atoms with E-state index in [4.69, 9.17) is 9.47 Å². The number of aliphatic hydroxyl groups is 1. The van der Waals surface area contributed by atoms with Crippen LogP contribution >= 0.6 is 11.3 Å². The van der Waals surface area contributed by atoms with Crippen molar-refractivity contribution in [1.29, 1.82) is 0 Å². The second-order valence-corrected chi connectivity index (χ2v) is 9.63. The van der Waals surface area contributed by atoms with E-state index in [0.29, 0.717) is 35.8 Å². The van der Waals surface area contributed by atoms with Crippen LogP contribution in [-0.2, 0) is 9.59 Å². The summed E-state index contributed by atoms with van der Waals surface area (Å²) >= 11 is 1.18. The summed E-state index contributed by atoms with van der Waals surface area (Å²) in [6, 6.07) is 16.5. The monoisotopic (exact) mass is 532 g/mol. The fraction of sp³-hybridized carbons (Fsp3) is 0.207. The van der Waals surface area contributed by atoms with Gasteiger partial charge in [-0.1, -0.05) is 36.5 Å². The van der Waals surface area contributed by atoms with Crippen molar-refractivity contribution in [3.63, 3.8) is 0 Å². The summed E-state index contributed by atoms with van der Waals surface area (Å²) in [5.41, 5.74) is 0.770. The number of carbonyl (C=O) groups excluding carboxylic acids is 2.